The normalized spacial score (nSPS) is 35.7. The Morgan fingerprint density at radius 3 is 1.39 bits per heavy atom. The van der Waals surface area contributed by atoms with E-state index in [0.29, 0.717) is 5.56 Å². The highest BCUT2D eigenvalue weighted by Crippen LogP contribution is 2.43. The Balaban J connectivity index is 1.32. The third-order valence-corrected chi connectivity index (χ3v) is 15.5. The number of benzene rings is 3. The largest absolute Gasteiger partial charge is 0.508 e. The number of phenols is 2. The Labute approximate surface area is 539 Å². The minimum Gasteiger partial charge on any atom is -0.508 e. The van der Waals surface area contributed by atoms with Gasteiger partial charge in [0.05, 0.1) is 25.4 Å². The highest BCUT2D eigenvalue weighted by Gasteiger charge is 2.65. The summed E-state index contributed by atoms with van der Waals surface area (Å²) in [6, 6.07) is 17.8. The molecule has 0 aliphatic carbocycles. The van der Waals surface area contributed by atoms with Gasteiger partial charge in [-0.3, -0.25) is 14.4 Å². The first kappa shape index (κ1) is 73.6. The molecule has 34 nitrogen and oxygen atoms in total. The number of esters is 6. The number of phenolic OH excluding ortho intramolecular Hbond substituents is 2. The molecule has 522 valence electrons. The van der Waals surface area contributed by atoms with E-state index in [1.54, 1.807) is 6.07 Å². The Hall–Kier alpha value is -7.24. The van der Waals surface area contributed by atoms with E-state index in [-0.39, 0.29) is 22.6 Å². The van der Waals surface area contributed by atoms with Crippen LogP contribution in [0.3, 0.4) is 0 Å². The molecular formula is C61H74O34. The Bertz CT molecular complexity index is 3090. The van der Waals surface area contributed by atoms with E-state index in [0.717, 1.165) is 32.9 Å². The zero-order valence-corrected chi connectivity index (χ0v) is 50.7. The van der Waals surface area contributed by atoms with Crippen molar-refractivity contribution in [1.29, 1.82) is 0 Å². The van der Waals surface area contributed by atoms with E-state index < -0.39 is 222 Å². The third-order valence-electron chi connectivity index (χ3n) is 15.5. The van der Waals surface area contributed by atoms with Gasteiger partial charge in [0.15, 0.2) is 43.5 Å². The molecular weight excluding hydrogens is 1280 g/mol. The fourth-order valence-electron chi connectivity index (χ4n) is 10.6. The Morgan fingerprint density at radius 1 is 0.442 bits per heavy atom. The van der Waals surface area contributed by atoms with Crippen molar-refractivity contribution in [2.24, 2.45) is 0 Å². The van der Waals surface area contributed by atoms with E-state index in [1.807, 2.05) is 0 Å². The van der Waals surface area contributed by atoms with E-state index >= 15 is 0 Å². The van der Waals surface area contributed by atoms with Gasteiger partial charge in [0.25, 0.3) is 0 Å². The number of carbonyl (C=O) groups excluding carboxylic acids is 6. The van der Waals surface area contributed by atoms with Gasteiger partial charge in [0.1, 0.15) is 129 Å². The van der Waals surface area contributed by atoms with Crippen LogP contribution in [0.25, 0.3) is 12.2 Å². The summed E-state index contributed by atoms with van der Waals surface area (Å²) in [6.07, 6.45) is -45.8. The van der Waals surface area contributed by atoms with Gasteiger partial charge >= 0.3 is 35.8 Å². The number of aliphatic hydroxyl groups is 11. The molecule has 5 fully saturated rings. The zero-order valence-electron chi connectivity index (χ0n) is 50.7. The maximum absolute atomic E-state index is 14.4. The smallest absolute Gasteiger partial charge is 0.338 e. The van der Waals surface area contributed by atoms with Crippen molar-refractivity contribution in [1.82, 2.24) is 0 Å². The summed E-state index contributed by atoms with van der Waals surface area (Å²) < 4.78 is 90.1. The van der Waals surface area contributed by atoms with Gasteiger partial charge in [0.2, 0.25) is 5.79 Å². The summed E-state index contributed by atoms with van der Waals surface area (Å²) in [6.45, 7) is -3.65. The van der Waals surface area contributed by atoms with Gasteiger partial charge in [-0.15, -0.1) is 0 Å². The van der Waals surface area contributed by atoms with Crippen molar-refractivity contribution in [3.8, 4) is 11.5 Å². The molecule has 5 aliphatic rings. The lowest BCUT2D eigenvalue weighted by Gasteiger charge is -2.51. The molecule has 0 spiro atoms. The summed E-state index contributed by atoms with van der Waals surface area (Å²) in [5, 5.41) is 142. The van der Waals surface area contributed by atoms with Crippen LogP contribution in [0, 0.1) is 0 Å². The molecule has 95 heavy (non-hydrogen) atoms. The van der Waals surface area contributed by atoms with Crippen molar-refractivity contribution in [3.63, 3.8) is 0 Å². The van der Waals surface area contributed by atoms with Gasteiger partial charge in [-0.2, -0.15) is 0 Å². The average molecular weight is 1350 g/mol. The Kier molecular flexibility index (Phi) is 25.7. The number of hydrogen-bond donors (Lipinski definition) is 13. The topological polar surface area (TPSA) is 504 Å². The molecule has 34 heteroatoms. The molecule has 0 amide bonds. The van der Waals surface area contributed by atoms with E-state index in [9.17, 15) is 95.2 Å². The number of aliphatic hydroxyl groups excluding tert-OH is 11. The molecule has 0 saturated carbocycles. The number of aromatic hydroxyl groups is 2. The van der Waals surface area contributed by atoms with Gasteiger partial charge in [-0.1, -0.05) is 42.5 Å². The van der Waals surface area contributed by atoms with Crippen molar-refractivity contribution >= 4 is 48.0 Å². The fourth-order valence-corrected chi connectivity index (χ4v) is 10.6. The van der Waals surface area contributed by atoms with Crippen LogP contribution in [0.2, 0.25) is 0 Å². The molecule has 3 aromatic rings. The lowest BCUT2D eigenvalue weighted by molar-refractivity contribution is -0.423. The summed E-state index contributed by atoms with van der Waals surface area (Å²) >= 11 is 0. The van der Waals surface area contributed by atoms with Crippen LogP contribution < -0.4 is 0 Å². The van der Waals surface area contributed by atoms with Crippen molar-refractivity contribution in [3.05, 3.63) is 108 Å². The van der Waals surface area contributed by atoms with Crippen molar-refractivity contribution in [2.75, 3.05) is 39.6 Å². The molecule has 3 aromatic carbocycles. The molecule has 13 N–H and O–H groups in total. The molecule has 5 saturated heterocycles. The van der Waals surface area contributed by atoms with Crippen LogP contribution in [0.1, 0.15) is 42.3 Å². The van der Waals surface area contributed by atoms with E-state index in [1.165, 1.54) is 84.9 Å². The summed E-state index contributed by atoms with van der Waals surface area (Å²) in [7, 11) is 0. The van der Waals surface area contributed by atoms with Crippen LogP contribution in [0.4, 0.5) is 0 Å². The summed E-state index contributed by atoms with van der Waals surface area (Å²) in [5.74, 6) is -10.2. The Morgan fingerprint density at radius 2 is 0.895 bits per heavy atom. The second-order valence-electron chi connectivity index (χ2n) is 22.3. The van der Waals surface area contributed by atoms with Crippen LogP contribution in [-0.4, -0.2) is 289 Å². The van der Waals surface area contributed by atoms with Crippen LogP contribution in [0.15, 0.2) is 91.0 Å². The standard InChI is InChI=1S/C61H74O34/c1-27(65)81-24-38-50(84-29(3)67)52(90-57-47(77)45(75)42(72)35(21-62)85-57)49(79)59(87-38)91-53-51(89-41(71)20-14-31-11-17-34(69)18-12-31)39(25-82-28(2)66)88-60(54(53)92-58-48(78)46(76)43(73)36(22-63)86-58)95-61(26-83-40(70)19-13-30-9-15-33(68)16-10-30)55(44(74)37(23-64)94-61)93-56(80)32-7-5-4-6-8-32/h4-20,35-39,42-55,57-60,62-64,68-69,72-79H,21-26H2,1-3H3/t35-,36-,37-,38-,39-,42-,43-,44-,45+,46+,47-,48-,49-,50-,51-,52-,53+,54-,55+,57+,58+,59+,60-,61+/m1/s1. The molecule has 0 bridgehead atoms. The molecule has 0 aromatic heterocycles. The van der Waals surface area contributed by atoms with E-state index in [4.69, 9.17) is 71.1 Å². The first-order valence-electron chi connectivity index (χ1n) is 29.5. The number of carbonyl (C=O) groups is 6. The monoisotopic (exact) mass is 1350 g/mol. The maximum Gasteiger partial charge on any atom is 0.338 e. The summed E-state index contributed by atoms with van der Waals surface area (Å²) in [5.41, 5.74) is 0.483. The molecule has 0 unspecified atom stereocenters. The second-order valence-corrected chi connectivity index (χ2v) is 22.3. The second kappa shape index (κ2) is 33.1. The van der Waals surface area contributed by atoms with E-state index in [2.05, 4.69) is 0 Å². The first-order chi connectivity index (χ1) is 45.2. The predicted molar refractivity (Wildman–Crippen MR) is 307 cm³/mol. The molecule has 24 atom stereocenters. The minimum absolute atomic E-state index is 0.118. The number of hydrogen-bond acceptors (Lipinski definition) is 34. The van der Waals surface area contributed by atoms with Gasteiger partial charge in [-0.05, 0) is 59.7 Å². The van der Waals surface area contributed by atoms with Gasteiger partial charge < -0.3 is 137 Å². The first-order valence-corrected chi connectivity index (χ1v) is 29.5. The van der Waals surface area contributed by atoms with Gasteiger partial charge in [-0.25, -0.2) is 14.4 Å². The molecule has 5 heterocycles. The average Bonchev–Trinajstić information content (AvgIpc) is 1.73. The lowest BCUT2D eigenvalue weighted by atomic mass is 9.95. The maximum atomic E-state index is 14.4. The van der Waals surface area contributed by atoms with Crippen molar-refractivity contribution < 1.29 is 166 Å². The van der Waals surface area contributed by atoms with Crippen LogP contribution in [-0.2, 0) is 95.0 Å². The zero-order chi connectivity index (χ0) is 69.0. The molecule has 0 radical (unpaired) electrons. The molecule has 5 aliphatic heterocycles. The van der Waals surface area contributed by atoms with Crippen LogP contribution >= 0.6 is 0 Å². The quantitative estimate of drug-likeness (QED) is 0.0216. The minimum atomic E-state index is -3.02. The van der Waals surface area contributed by atoms with Crippen molar-refractivity contribution in [2.45, 2.75) is 168 Å². The molecule has 8 rings (SSSR count). The highest BCUT2D eigenvalue weighted by molar-refractivity contribution is 5.90. The highest BCUT2D eigenvalue weighted by atomic mass is 16.8. The predicted octanol–water partition coefficient (Wildman–Crippen LogP) is -4.41. The SMILES string of the molecule is CC(=O)OC[C@H]1O[C@H](O[C@]2(COC(=O)C=Cc3ccc(O)cc3)O[C@H](CO)[C@@H](O)[C@@H]2OC(=O)c2ccccc2)[C@H](O[C@@H]2O[C@H](CO)[C@@H](O)[C@H](O)[C@H]2O)[C@@H](O[C@@H]2O[C@H](COC(C)=O)[C@@H](OC(C)=O)[C@H](O[C@@H]3O[C@H](CO)[C@@H](O)[C@H](O)[C@H]3O)[C@H]2O)[C@@H]1OC(=O)C=Cc1ccc(O)cc1. The third kappa shape index (κ3) is 18.3. The van der Waals surface area contributed by atoms with Crippen LogP contribution in [0.5, 0.6) is 11.5 Å². The number of ether oxygens (including phenoxy) is 15. The fraction of sp³-hybridized carbons (Fsp3) is 0.541. The van der Waals surface area contributed by atoms with Gasteiger partial charge in [0, 0.05) is 32.9 Å². The summed E-state index contributed by atoms with van der Waals surface area (Å²) in [4.78, 5) is 80.7. The number of rotatable bonds is 25. The lowest BCUT2D eigenvalue weighted by Crippen LogP contribution is -2.70.